The Kier molecular flexibility index (Phi) is 14.9. The number of aliphatic hydroxyl groups excluding tert-OH is 8. The molecule has 190 valence electrons. The molecule has 0 aliphatic rings. The second-order valence-electron chi connectivity index (χ2n) is 7.67. The minimum Gasteiger partial charge on any atom is -0.394 e. The van der Waals surface area contributed by atoms with Crippen molar-refractivity contribution in [3.8, 4) is 0 Å². The standard InChI is InChI=1S/C18H38N4O10/c19-5-8(24)1-3-10(21)18(32)22-11(4-2-9(25)6-20)13(27)15(29)17(31)16(30)14(28)12(26)7-23/h8-12,14-17,23-26,28-31H,1-7,19-21H2,(H,22,32)/t8-,9-,10+,11+,12-,14+,15?,16+,17+/m1/s1. The van der Waals surface area contributed by atoms with Crippen LogP contribution in [0, 0.1) is 0 Å². The highest BCUT2D eigenvalue weighted by atomic mass is 16.4. The lowest BCUT2D eigenvalue weighted by molar-refractivity contribution is -0.157. The number of carbonyl (C=O) groups is 2. The molecule has 1 unspecified atom stereocenters. The van der Waals surface area contributed by atoms with Gasteiger partial charge < -0.3 is 63.4 Å². The molecule has 9 atom stereocenters. The van der Waals surface area contributed by atoms with Gasteiger partial charge in [-0.2, -0.15) is 0 Å². The van der Waals surface area contributed by atoms with E-state index in [9.17, 15) is 45.3 Å². The maximum Gasteiger partial charge on any atom is 0.237 e. The predicted molar refractivity (Wildman–Crippen MR) is 111 cm³/mol. The zero-order valence-electron chi connectivity index (χ0n) is 17.8. The smallest absolute Gasteiger partial charge is 0.237 e. The third-order valence-electron chi connectivity index (χ3n) is 5.04. The Morgan fingerprint density at radius 1 is 0.750 bits per heavy atom. The molecule has 0 aromatic heterocycles. The molecular formula is C18H38N4O10. The maximum absolute atomic E-state index is 12.7. The van der Waals surface area contributed by atoms with E-state index in [1.54, 1.807) is 0 Å². The minimum atomic E-state index is -2.30. The van der Waals surface area contributed by atoms with Gasteiger partial charge in [-0.25, -0.2) is 0 Å². The summed E-state index contributed by atoms with van der Waals surface area (Å²) >= 11 is 0. The Bertz CT molecular complexity index is 558. The van der Waals surface area contributed by atoms with E-state index in [2.05, 4.69) is 5.32 Å². The molecule has 14 heteroatoms. The van der Waals surface area contributed by atoms with E-state index in [-0.39, 0.29) is 38.8 Å². The highest BCUT2D eigenvalue weighted by molar-refractivity contribution is 5.93. The molecule has 0 saturated carbocycles. The van der Waals surface area contributed by atoms with Crippen LogP contribution in [-0.4, -0.2) is 127 Å². The summed E-state index contributed by atoms with van der Waals surface area (Å²) in [6, 6.07) is -2.59. The number of aliphatic hydroxyl groups is 8. The summed E-state index contributed by atoms with van der Waals surface area (Å²) in [6.45, 7) is -1.13. The van der Waals surface area contributed by atoms with Crippen molar-refractivity contribution in [1.82, 2.24) is 5.32 Å². The summed E-state index contributed by atoms with van der Waals surface area (Å²) in [5.74, 6) is -1.97. The fourth-order valence-electron chi connectivity index (χ4n) is 2.76. The van der Waals surface area contributed by atoms with Crippen molar-refractivity contribution in [3.05, 3.63) is 0 Å². The topological polar surface area (TPSA) is 286 Å². The van der Waals surface area contributed by atoms with Crippen LogP contribution in [0.1, 0.15) is 25.7 Å². The van der Waals surface area contributed by atoms with E-state index in [4.69, 9.17) is 22.3 Å². The molecule has 0 saturated heterocycles. The monoisotopic (exact) mass is 470 g/mol. The maximum atomic E-state index is 12.7. The molecule has 14 nitrogen and oxygen atoms in total. The third kappa shape index (κ3) is 10.1. The number of hydrogen-bond donors (Lipinski definition) is 12. The zero-order valence-corrected chi connectivity index (χ0v) is 17.8. The normalized spacial score (nSPS) is 20.3. The minimum absolute atomic E-state index is 0.0321. The Hall–Kier alpha value is -1.30. The van der Waals surface area contributed by atoms with Crippen molar-refractivity contribution in [1.29, 1.82) is 0 Å². The first-order chi connectivity index (χ1) is 14.9. The van der Waals surface area contributed by atoms with E-state index < -0.39 is 73.1 Å². The van der Waals surface area contributed by atoms with Crippen molar-refractivity contribution in [2.75, 3.05) is 19.7 Å². The number of nitrogens with two attached hydrogens (primary N) is 3. The fraction of sp³-hybridized carbons (Fsp3) is 0.889. The van der Waals surface area contributed by atoms with Crippen LogP contribution >= 0.6 is 0 Å². The summed E-state index contributed by atoms with van der Waals surface area (Å²) in [5, 5.41) is 79.4. The molecule has 0 aromatic rings. The molecule has 0 aliphatic carbocycles. The highest BCUT2D eigenvalue weighted by Gasteiger charge is 2.39. The van der Waals surface area contributed by atoms with Gasteiger partial charge in [0.15, 0.2) is 5.78 Å². The van der Waals surface area contributed by atoms with Crippen LogP contribution in [-0.2, 0) is 9.59 Å². The van der Waals surface area contributed by atoms with Gasteiger partial charge in [-0.1, -0.05) is 0 Å². The number of ketones is 1. The van der Waals surface area contributed by atoms with Crippen LogP contribution in [0.2, 0.25) is 0 Å². The molecule has 0 bridgehead atoms. The number of hydrogen-bond acceptors (Lipinski definition) is 13. The summed E-state index contributed by atoms with van der Waals surface area (Å²) in [7, 11) is 0. The SMILES string of the molecule is NC[C@H](O)CC[C@H](NC(=O)[C@@H](N)CC[C@@H](O)CN)C(=O)C(O)[C@H](O)[C@@H](O)[C@@H](O)[C@H](O)CO. The van der Waals surface area contributed by atoms with Gasteiger partial charge in [0, 0.05) is 13.1 Å². The molecule has 1 amide bonds. The first-order valence-corrected chi connectivity index (χ1v) is 10.3. The second kappa shape index (κ2) is 15.5. The van der Waals surface area contributed by atoms with E-state index >= 15 is 0 Å². The molecule has 32 heavy (non-hydrogen) atoms. The molecule has 15 N–H and O–H groups in total. The van der Waals surface area contributed by atoms with E-state index in [0.717, 1.165) is 0 Å². The first-order valence-electron chi connectivity index (χ1n) is 10.3. The predicted octanol–water partition coefficient (Wildman–Crippen LogP) is -6.64. The van der Waals surface area contributed by atoms with Gasteiger partial charge in [-0.3, -0.25) is 9.59 Å². The van der Waals surface area contributed by atoms with Gasteiger partial charge in [0.05, 0.1) is 30.9 Å². The largest absolute Gasteiger partial charge is 0.394 e. The van der Waals surface area contributed by atoms with Gasteiger partial charge in [0.1, 0.15) is 30.5 Å². The van der Waals surface area contributed by atoms with Gasteiger partial charge in [-0.15, -0.1) is 0 Å². The second-order valence-corrected chi connectivity index (χ2v) is 7.67. The molecule has 0 fully saturated rings. The lowest BCUT2D eigenvalue weighted by Gasteiger charge is -2.30. The average Bonchev–Trinajstić information content (AvgIpc) is 2.80. The van der Waals surface area contributed by atoms with Crippen molar-refractivity contribution in [2.45, 2.75) is 80.5 Å². The van der Waals surface area contributed by atoms with Gasteiger partial charge in [0.25, 0.3) is 0 Å². The quantitative estimate of drug-likeness (QED) is 0.0942. The van der Waals surface area contributed by atoms with Crippen LogP contribution in [0.25, 0.3) is 0 Å². The van der Waals surface area contributed by atoms with Crippen molar-refractivity contribution in [3.63, 3.8) is 0 Å². The number of rotatable bonds is 17. The zero-order chi connectivity index (χ0) is 25.0. The Morgan fingerprint density at radius 2 is 1.25 bits per heavy atom. The van der Waals surface area contributed by atoms with E-state index in [1.165, 1.54) is 0 Å². The third-order valence-corrected chi connectivity index (χ3v) is 5.04. The molecule has 0 aliphatic heterocycles. The number of amides is 1. The van der Waals surface area contributed by atoms with Crippen LogP contribution in [0.15, 0.2) is 0 Å². The number of Topliss-reactive ketones (excluding diaryl/α,β-unsaturated/α-hetero) is 1. The Labute approximate surface area is 185 Å². The average molecular weight is 471 g/mol. The molecule has 0 radical (unpaired) electrons. The summed E-state index contributed by atoms with van der Waals surface area (Å²) in [5.41, 5.74) is 16.3. The summed E-state index contributed by atoms with van der Waals surface area (Å²) < 4.78 is 0. The van der Waals surface area contributed by atoms with Crippen LogP contribution in [0.5, 0.6) is 0 Å². The molecular weight excluding hydrogens is 432 g/mol. The Balaban J connectivity index is 5.31. The van der Waals surface area contributed by atoms with Crippen molar-refractivity contribution in [2.24, 2.45) is 17.2 Å². The highest BCUT2D eigenvalue weighted by Crippen LogP contribution is 2.13. The molecule has 0 rings (SSSR count). The van der Waals surface area contributed by atoms with E-state index in [0.29, 0.717) is 0 Å². The van der Waals surface area contributed by atoms with Crippen LogP contribution in [0.3, 0.4) is 0 Å². The lowest BCUT2D eigenvalue weighted by atomic mass is 9.92. The first kappa shape index (κ1) is 30.7. The van der Waals surface area contributed by atoms with Gasteiger partial charge in [0.2, 0.25) is 5.91 Å². The molecule has 0 spiro atoms. The summed E-state index contributed by atoms with van der Waals surface area (Å²) in [4.78, 5) is 25.0. The lowest BCUT2D eigenvalue weighted by Crippen LogP contribution is -2.57. The van der Waals surface area contributed by atoms with Crippen LogP contribution in [0.4, 0.5) is 0 Å². The molecule has 0 aromatic carbocycles. The molecule has 0 heterocycles. The van der Waals surface area contributed by atoms with E-state index in [1.807, 2.05) is 0 Å². The van der Waals surface area contributed by atoms with Crippen molar-refractivity contribution < 1.29 is 50.4 Å². The fourth-order valence-corrected chi connectivity index (χ4v) is 2.76. The number of carbonyl (C=O) groups excluding carboxylic acids is 2. The van der Waals surface area contributed by atoms with Gasteiger partial charge >= 0.3 is 0 Å². The summed E-state index contributed by atoms with van der Waals surface area (Å²) in [6.07, 6.45) is -12.7. The Morgan fingerprint density at radius 3 is 1.72 bits per heavy atom. The van der Waals surface area contributed by atoms with Crippen LogP contribution < -0.4 is 22.5 Å². The van der Waals surface area contributed by atoms with Gasteiger partial charge in [-0.05, 0) is 25.7 Å². The van der Waals surface area contributed by atoms with Crippen molar-refractivity contribution >= 4 is 11.7 Å². The number of nitrogens with one attached hydrogen (secondary N) is 1.